The standard InChI is InChI=1S/C28H43N3/c1-4-5-20-6-8-23-22(14-20)7-9-25-24(23)12-13-28(3)26(10-11-27(25)28)19(2)17-31-18-21(15-29)16-30-31/h16,18-20,22-27H,4-14,17H2,1-3H3/t19-,20-,22+,23-,24?,25+,26?,27?,28+/m0/s1. The summed E-state index contributed by atoms with van der Waals surface area (Å²) < 4.78 is 2.02. The topological polar surface area (TPSA) is 41.6 Å². The third kappa shape index (κ3) is 3.77. The van der Waals surface area contributed by atoms with E-state index in [2.05, 4.69) is 31.9 Å². The SMILES string of the molecule is CCC[C@H]1CC[C@@H]2C3CC[C@@]4(C)C(CCC4[C@@H](C)Cn4cc(C#N)cn4)[C@@H]3CC[C@@H]2C1. The average Bonchev–Trinajstić information content (AvgIpc) is 3.37. The minimum absolute atomic E-state index is 0.526. The van der Waals surface area contributed by atoms with E-state index in [1.165, 1.54) is 57.8 Å². The second-order valence-electron chi connectivity index (χ2n) is 12.2. The maximum Gasteiger partial charge on any atom is 0.102 e. The first-order valence-electron chi connectivity index (χ1n) is 13.5. The summed E-state index contributed by atoms with van der Waals surface area (Å²) in [6.45, 7) is 8.45. The number of nitrogens with zero attached hydrogens (tertiary/aromatic N) is 3. The lowest BCUT2D eigenvalue weighted by molar-refractivity contribution is -0.0749. The molecule has 1 aromatic rings. The van der Waals surface area contributed by atoms with Gasteiger partial charge in [-0.1, -0.05) is 40.0 Å². The first-order chi connectivity index (χ1) is 15.0. The van der Waals surface area contributed by atoms with Crippen molar-refractivity contribution in [2.45, 2.75) is 97.9 Å². The Labute approximate surface area is 190 Å². The van der Waals surface area contributed by atoms with E-state index in [0.29, 0.717) is 16.9 Å². The van der Waals surface area contributed by atoms with Gasteiger partial charge in [0.1, 0.15) is 6.07 Å². The monoisotopic (exact) mass is 421 g/mol. The van der Waals surface area contributed by atoms with Crippen LogP contribution in [0.5, 0.6) is 0 Å². The molecule has 0 aliphatic heterocycles. The Bertz CT molecular complexity index is 805. The molecule has 9 atom stereocenters. The highest BCUT2D eigenvalue weighted by Crippen LogP contribution is 2.65. The molecule has 170 valence electrons. The van der Waals surface area contributed by atoms with E-state index >= 15 is 0 Å². The molecular formula is C28H43N3. The smallest absolute Gasteiger partial charge is 0.102 e. The molecule has 4 aliphatic carbocycles. The largest absolute Gasteiger partial charge is 0.271 e. The summed E-state index contributed by atoms with van der Waals surface area (Å²) in [5.41, 5.74) is 1.21. The molecule has 0 aromatic carbocycles. The molecule has 1 aromatic heterocycles. The van der Waals surface area contributed by atoms with E-state index in [4.69, 9.17) is 5.26 Å². The lowest BCUT2D eigenvalue weighted by Crippen LogP contribution is -2.49. The van der Waals surface area contributed by atoms with Gasteiger partial charge in [0.25, 0.3) is 0 Å². The van der Waals surface area contributed by atoms with Crippen LogP contribution < -0.4 is 0 Å². The molecule has 3 heteroatoms. The molecule has 31 heavy (non-hydrogen) atoms. The van der Waals surface area contributed by atoms with Crippen LogP contribution >= 0.6 is 0 Å². The van der Waals surface area contributed by atoms with Gasteiger partial charge in [-0.3, -0.25) is 4.68 Å². The highest BCUT2D eigenvalue weighted by atomic mass is 15.3. The van der Waals surface area contributed by atoms with Crippen molar-refractivity contribution in [1.29, 1.82) is 5.26 Å². The maximum absolute atomic E-state index is 9.12. The Morgan fingerprint density at radius 1 is 1.13 bits per heavy atom. The number of nitriles is 1. The molecule has 4 fully saturated rings. The van der Waals surface area contributed by atoms with Crippen molar-refractivity contribution in [1.82, 2.24) is 9.78 Å². The first kappa shape index (κ1) is 21.5. The molecule has 0 spiro atoms. The number of hydrogen-bond donors (Lipinski definition) is 0. The molecule has 0 bridgehead atoms. The highest BCUT2D eigenvalue weighted by molar-refractivity contribution is 5.21. The lowest BCUT2D eigenvalue weighted by Gasteiger charge is -2.57. The first-order valence-corrected chi connectivity index (χ1v) is 13.5. The van der Waals surface area contributed by atoms with Crippen LogP contribution in [0.3, 0.4) is 0 Å². The van der Waals surface area contributed by atoms with Crippen LogP contribution in [-0.2, 0) is 6.54 Å². The van der Waals surface area contributed by atoms with Crippen molar-refractivity contribution < 1.29 is 0 Å². The Morgan fingerprint density at radius 2 is 1.97 bits per heavy atom. The molecule has 3 unspecified atom stereocenters. The fourth-order valence-corrected chi connectivity index (χ4v) is 9.54. The Balaban J connectivity index is 1.27. The van der Waals surface area contributed by atoms with Crippen molar-refractivity contribution in [2.75, 3.05) is 0 Å². The Hall–Kier alpha value is -1.30. The predicted molar refractivity (Wildman–Crippen MR) is 125 cm³/mol. The van der Waals surface area contributed by atoms with Crippen molar-refractivity contribution in [3.63, 3.8) is 0 Å². The van der Waals surface area contributed by atoms with E-state index in [9.17, 15) is 0 Å². The summed E-state index contributed by atoms with van der Waals surface area (Å²) in [5, 5.41) is 13.6. The zero-order valence-electron chi connectivity index (χ0n) is 20.1. The molecule has 5 rings (SSSR count). The predicted octanol–water partition coefficient (Wildman–Crippen LogP) is 7.08. The molecule has 0 N–H and O–H groups in total. The van der Waals surface area contributed by atoms with Gasteiger partial charge in [-0.2, -0.15) is 10.4 Å². The summed E-state index contributed by atoms with van der Waals surface area (Å²) in [6.07, 6.45) is 20.0. The number of fused-ring (bicyclic) bond motifs is 5. The number of hydrogen-bond acceptors (Lipinski definition) is 2. The van der Waals surface area contributed by atoms with Crippen LogP contribution in [0.25, 0.3) is 0 Å². The quantitative estimate of drug-likeness (QED) is 0.510. The van der Waals surface area contributed by atoms with Gasteiger partial charge < -0.3 is 0 Å². The highest BCUT2D eigenvalue weighted by Gasteiger charge is 2.57. The van der Waals surface area contributed by atoms with Crippen molar-refractivity contribution in [2.24, 2.45) is 52.8 Å². The lowest BCUT2D eigenvalue weighted by atomic mass is 9.48. The Morgan fingerprint density at radius 3 is 2.74 bits per heavy atom. The van der Waals surface area contributed by atoms with Crippen LogP contribution in [0.1, 0.15) is 97.0 Å². The number of aromatic nitrogens is 2. The van der Waals surface area contributed by atoms with Gasteiger partial charge in [0.2, 0.25) is 0 Å². The molecule has 4 saturated carbocycles. The van der Waals surface area contributed by atoms with Crippen LogP contribution in [0.2, 0.25) is 0 Å². The summed E-state index contributed by atoms with van der Waals surface area (Å²) >= 11 is 0. The van der Waals surface area contributed by atoms with Crippen molar-refractivity contribution in [3.05, 3.63) is 18.0 Å². The third-order valence-corrected chi connectivity index (χ3v) is 10.8. The zero-order chi connectivity index (χ0) is 21.6. The summed E-state index contributed by atoms with van der Waals surface area (Å²) in [7, 11) is 0. The third-order valence-electron chi connectivity index (χ3n) is 10.8. The fourth-order valence-electron chi connectivity index (χ4n) is 9.54. The molecular weight excluding hydrogens is 378 g/mol. The van der Waals surface area contributed by atoms with Crippen LogP contribution in [-0.4, -0.2) is 9.78 Å². The van der Waals surface area contributed by atoms with Gasteiger partial charge >= 0.3 is 0 Å². The average molecular weight is 422 g/mol. The summed E-state index contributed by atoms with van der Waals surface area (Å²) in [4.78, 5) is 0. The summed E-state index contributed by atoms with van der Waals surface area (Å²) in [6, 6.07) is 2.22. The van der Waals surface area contributed by atoms with Crippen LogP contribution in [0, 0.1) is 64.1 Å². The fraction of sp³-hybridized carbons (Fsp3) is 0.857. The van der Waals surface area contributed by atoms with Crippen molar-refractivity contribution >= 4 is 0 Å². The second-order valence-corrected chi connectivity index (χ2v) is 12.2. The Kier molecular flexibility index (Phi) is 5.95. The molecule has 1 heterocycles. The van der Waals surface area contributed by atoms with E-state index in [1.807, 2.05) is 10.9 Å². The van der Waals surface area contributed by atoms with Gasteiger partial charge in [0.15, 0.2) is 0 Å². The summed E-state index contributed by atoms with van der Waals surface area (Å²) in [5.74, 6) is 7.61. The normalized spacial score (nSPS) is 42.8. The minimum Gasteiger partial charge on any atom is -0.271 e. The van der Waals surface area contributed by atoms with Crippen LogP contribution in [0.4, 0.5) is 0 Å². The molecule has 3 nitrogen and oxygen atoms in total. The van der Waals surface area contributed by atoms with Gasteiger partial charge in [-0.15, -0.1) is 0 Å². The maximum atomic E-state index is 9.12. The van der Waals surface area contributed by atoms with Gasteiger partial charge in [0, 0.05) is 12.7 Å². The minimum atomic E-state index is 0.526. The molecule has 0 radical (unpaired) electrons. The van der Waals surface area contributed by atoms with Gasteiger partial charge in [0.05, 0.1) is 11.8 Å². The number of rotatable bonds is 5. The zero-order valence-corrected chi connectivity index (χ0v) is 20.1. The van der Waals surface area contributed by atoms with Gasteiger partial charge in [-0.05, 0) is 104 Å². The van der Waals surface area contributed by atoms with Crippen molar-refractivity contribution in [3.8, 4) is 6.07 Å². The molecule has 4 aliphatic rings. The van der Waals surface area contributed by atoms with E-state index in [1.54, 1.807) is 19.0 Å². The van der Waals surface area contributed by atoms with E-state index in [0.717, 1.165) is 48.0 Å². The van der Waals surface area contributed by atoms with E-state index < -0.39 is 0 Å². The second kappa shape index (κ2) is 8.57. The van der Waals surface area contributed by atoms with E-state index in [-0.39, 0.29) is 0 Å². The van der Waals surface area contributed by atoms with Crippen LogP contribution in [0.15, 0.2) is 12.4 Å². The van der Waals surface area contributed by atoms with Gasteiger partial charge in [-0.25, -0.2) is 0 Å². The molecule has 0 saturated heterocycles. The molecule has 0 amide bonds.